The lowest BCUT2D eigenvalue weighted by Gasteiger charge is -2.27. The fraction of sp³-hybridized carbons (Fsp3) is 0.320. The predicted octanol–water partition coefficient (Wildman–Crippen LogP) is 3.41. The summed E-state index contributed by atoms with van der Waals surface area (Å²) in [6.45, 7) is 5.11. The number of halogens is 1. The number of aryl methyl sites for hydroxylation is 1. The zero-order valence-electron chi connectivity index (χ0n) is 20.4. The van der Waals surface area contributed by atoms with E-state index in [1.807, 2.05) is 19.9 Å². The fourth-order valence-electron chi connectivity index (χ4n) is 3.87. The van der Waals surface area contributed by atoms with E-state index in [0.29, 0.717) is 41.1 Å². The highest BCUT2D eigenvalue weighted by atomic mass is 19.1. The van der Waals surface area contributed by atoms with Gasteiger partial charge in [-0.25, -0.2) is 9.37 Å². The monoisotopic (exact) mass is 480 g/mol. The number of rotatable bonds is 9. The maximum Gasteiger partial charge on any atom is 0.265 e. The quantitative estimate of drug-likeness (QED) is 0.393. The zero-order chi connectivity index (χ0) is 25.1. The molecule has 1 N–H and O–H groups in total. The summed E-state index contributed by atoms with van der Waals surface area (Å²) in [6, 6.07) is 8.70. The van der Waals surface area contributed by atoms with Crippen molar-refractivity contribution < 1.29 is 13.9 Å². The lowest BCUT2D eigenvalue weighted by atomic mass is 10.1. The molecule has 2 aromatic heterocycles. The number of fused-ring (bicyclic) bond motifs is 1. The van der Waals surface area contributed by atoms with E-state index in [-0.39, 0.29) is 23.0 Å². The second-order valence-electron chi connectivity index (χ2n) is 8.42. The van der Waals surface area contributed by atoms with Gasteiger partial charge in [0.1, 0.15) is 12.1 Å². The largest absolute Gasteiger partial charge is 0.497 e. The van der Waals surface area contributed by atoms with Crippen molar-refractivity contribution in [2.45, 2.75) is 19.9 Å². The maximum atomic E-state index is 15.5. The van der Waals surface area contributed by atoms with E-state index >= 15 is 4.39 Å². The molecule has 0 radical (unpaired) electrons. The zero-order valence-corrected chi connectivity index (χ0v) is 20.4. The SMILES string of the molecule is COc1cc(OC)c(F)c(N(CCNC(C)C)c2ccc3ncn(-c4cnn(C)c4)c(=O)c3c2)c1. The van der Waals surface area contributed by atoms with Gasteiger partial charge in [0.25, 0.3) is 5.56 Å². The van der Waals surface area contributed by atoms with E-state index < -0.39 is 5.82 Å². The molecular weight excluding hydrogens is 451 g/mol. The highest BCUT2D eigenvalue weighted by molar-refractivity contribution is 5.83. The van der Waals surface area contributed by atoms with Crippen LogP contribution in [0.25, 0.3) is 16.6 Å². The number of methoxy groups -OCH3 is 2. The van der Waals surface area contributed by atoms with Gasteiger partial charge in [-0.1, -0.05) is 13.8 Å². The first kappa shape index (κ1) is 24.2. The summed E-state index contributed by atoms with van der Waals surface area (Å²) in [4.78, 5) is 19.6. The van der Waals surface area contributed by atoms with Crippen LogP contribution in [0.5, 0.6) is 11.5 Å². The van der Waals surface area contributed by atoms with Gasteiger partial charge >= 0.3 is 0 Å². The predicted molar refractivity (Wildman–Crippen MR) is 134 cm³/mol. The molecule has 0 aliphatic rings. The average Bonchev–Trinajstić information content (AvgIpc) is 3.28. The van der Waals surface area contributed by atoms with E-state index in [0.717, 1.165) is 0 Å². The number of aromatic nitrogens is 4. The molecular formula is C25H29FN6O3. The summed E-state index contributed by atoms with van der Waals surface area (Å²) >= 11 is 0. The number of anilines is 2. The van der Waals surface area contributed by atoms with Crippen molar-refractivity contribution in [3.8, 4) is 17.2 Å². The summed E-state index contributed by atoms with van der Waals surface area (Å²) < 4.78 is 29.1. The van der Waals surface area contributed by atoms with Crippen molar-refractivity contribution in [3.63, 3.8) is 0 Å². The second-order valence-corrected chi connectivity index (χ2v) is 8.42. The molecule has 0 saturated carbocycles. The molecule has 0 aliphatic carbocycles. The number of hydrogen-bond donors (Lipinski definition) is 1. The molecule has 2 heterocycles. The Bertz CT molecular complexity index is 1400. The molecule has 0 unspecified atom stereocenters. The van der Waals surface area contributed by atoms with Crippen molar-refractivity contribution in [2.24, 2.45) is 7.05 Å². The Morgan fingerprint density at radius 3 is 2.63 bits per heavy atom. The van der Waals surface area contributed by atoms with Crippen LogP contribution >= 0.6 is 0 Å². The van der Waals surface area contributed by atoms with Gasteiger partial charge in [0.2, 0.25) is 0 Å². The van der Waals surface area contributed by atoms with E-state index in [1.54, 1.807) is 47.2 Å². The Hall–Kier alpha value is -3.92. The normalized spacial score (nSPS) is 11.3. The van der Waals surface area contributed by atoms with E-state index in [1.165, 1.54) is 31.2 Å². The van der Waals surface area contributed by atoms with E-state index in [2.05, 4.69) is 15.4 Å². The van der Waals surface area contributed by atoms with Crippen LogP contribution in [0.1, 0.15) is 13.8 Å². The highest BCUT2D eigenvalue weighted by Gasteiger charge is 2.20. The number of nitrogens with zero attached hydrogens (tertiary/aromatic N) is 5. The number of ether oxygens (including phenoxy) is 2. The smallest absolute Gasteiger partial charge is 0.265 e. The van der Waals surface area contributed by atoms with E-state index in [9.17, 15) is 4.79 Å². The second kappa shape index (κ2) is 10.1. The number of hydrogen-bond acceptors (Lipinski definition) is 7. The molecule has 35 heavy (non-hydrogen) atoms. The van der Waals surface area contributed by atoms with E-state index in [4.69, 9.17) is 9.47 Å². The lowest BCUT2D eigenvalue weighted by molar-refractivity contribution is 0.374. The Labute approximate surface area is 202 Å². The fourth-order valence-corrected chi connectivity index (χ4v) is 3.87. The van der Waals surface area contributed by atoms with Crippen LogP contribution in [0, 0.1) is 5.82 Å². The molecule has 9 nitrogen and oxygen atoms in total. The first-order valence-electron chi connectivity index (χ1n) is 11.2. The van der Waals surface area contributed by atoms with Crippen molar-refractivity contribution >= 4 is 22.3 Å². The molecule has 4 aromatic rings. The summed E-state index contributed by atoms with van der Waals surface area (Å²) in [7, 11) is 4.71. The van der Waals surface area contributed by atoms with Crippen molar-refractivity contribution in [1.82, 2.24) is 24.6 Å². The van der Waals surface area contributed by atoms with Crippen LogP contribution in [-0.2, 0) is 7.05 Å². The Morgan fingerprint density at radius 1 is 1.17 bits per heavy atom. The molecule has 0 amide bonds. The van der Waals surface area contributed by atoms with Gasteiger partial charge in [-0.05, 0) is 18.2 Å². The van der Waals surface area contributed by atoms with Crippen LogP contribution < -0.4 is 25.2 Å². The summed E-state index contributed by atoms with van der Waals surface area (Å²) in [6.07, 6.45) is 4.82. The van der Waals surface area contributed by atoms with Crippen LogP contribution in [-0.4, -0.2) is 52.7 Å². The molecule has 4 rings (SSSR count). The molecule has 0 bridgehead atoms. The van der Waals surface area contributed by atoms with Crippen LogP contribution in [0.3, 0.4) is 0 Å². The molecule has 0 fully saturated rings. The minimum Gasteiger partial charge on any atom is -0.497 e. The standard InChI is InChI=1S/C25H29FN6O3/c1-16(2)27-8-9-31(22-11-19(34-4)12-23(35-5)24(22)26)17-6-7-21-20(10-17)25(33)32(15-28-21)18-13-29-30(3)14-18/h6-7,10-16,27H,8-9H2,1-5H3. The Morgan fingerprint density at radius 2 is 1.97 bits per heavy atom. The van der Waals surface area contributed by atoms with Crippen molar-refractivity contribution in [3.05, 3.63) is 65.2 Å². The molecule has 0 saturated heterocycles. The summed E-state index contributed by atoms with van der Waals surface area (Å²) in [5.41, 5.74) is 1.83. The molecule has 0 aliphatic heterocycles. The highest BCUT2D eigenvalue weighted by Crippen LogP contribution is 2.37. The minimum atomic E-state index is -0.517. The van der Waals surface area contributed by atoms with Gasteiger partial charge in [0.15, 0.2) is 11.6 Å². The molecule has 0 spiro atoms. The Balaban J connectivity index is 1.85. The molecule has 184 valence electrons. The first-order valence-corrected chi connectivity index (χ1v) is 11.2. The van der Waals surface area contributed by atoms with Crippen LogP contribution in [0.4, 0.5) is 15.8 Å². The average molecular weight is 481 g/mol. The topological polar surface area (TPSA) is 86.4 Å². The molecule has 10 heteroatoms. The van der Waals surface area contributed by atoms with Gasteiger partial charge in [-0.3, -0.25) is 14.0 Å². The molecule has 2 aromatic carbocycles. The first-order chi connectivity index (χ1) is 16.8. The third-order valence-electron chi connectivity index (χ3n) is 5.65. The van der Waals surface area contributed by atoms with Gasteiger partial charge in [0, 0.05) is 50.2 Å². The van der Waals surface area contributed by atoms with Gasteiger partial charge in [0.05, 0.1) is 42.7 Å². The third kappa shape index (κ3) is 4.97. The van der Waals surface area contributed by atoms with Crippen molar-refractivity contribution in [1.29, 1.82) is 0 Å². The minimum absolute atomic E-state index is 0.0718. The summed E-state index contributed by atoms with van der Waals surface area (Å²) in [5, 5.41) is 7.91. The maximum absolute atomic E-state index is 15.5. The lowest BCUT2D eigenvalue weighted by Crippen LogP contribution is -2.33. The van der Waals surface area contributed by atoms with Gasteiger partial charge in [-0.15, -0.1) is 0 Å². The van der Waals surface area contributed by atoms with Gasteiger partial charge < -0.3 is 19.7 Å². The van der Waals surface area contributed by atoms with Gasteiger partial charge in [-0.2, -0.15) is 5.10 Å². The summed E-state index contributed by atoms with van der Waals surface area (Å²) in [5.74, 6) is 0.0147. The van der Waals surface area contributed by atoms with Crippen molar-refractivity contribution in [2.75, 3.05) is 32.2 Å². The third-order valence-corrected chi connectivity index (χ3v) is 5.65. The number of nitrogens with one attached hydrogen (secondary N) is 1. The Kier molecular flexibility index (Phi) is 7.02. The molecule has 0 atom stereocenters. The van der Waals surface area contributed by atoms with Crippen LogP contribution in [0.2, 0.25) is 0 Å². The van der Waals surface area contributed by atoms with Crippen LogP contribution in [0.15, 0.2) is 53.8 Å². The number of benzene rings is 2.